The molecule has 0 unspecified atom stereocenters. The van der Waals surface area contributed by atoms with Crippen molar-refractivity contribution in [3.05, 3.63) is 89.7 Å². The van der Waals surface area contributed by atoms with Gasteiger partial charge in [0, 0.05) is 16.1 Å². The van der Waals surface area contributed by atoms with Crippen molar-refractivity contribution in [1.82, 2.24) is 9.78 Å². The molecular formula is C21H15ClFN3O2S. The lowest BCUT2D eigenvalue weighted by Crippen LogP contribution is -2.12. The van der Waals surface area contributed by atoms with E-state index in [1.54, 1.807) is 41.1 Å². The first-order valence-electron chi connectivity index (χ1n) is 8.56. The molecule has 0 saturated heterocycles. The van der Waals surface area contributed by atoms with E-state index in [1.165, 1.54) is 24.3 Å². The molecule has 0 saturated carbocycles. The van der Waals surface area contributed by atoms with E-state index in [2.05, 4.69) is 5.10 Å². The minimum atomic E-state index is -3.79. The van der Waals surface area contributed by atoms with Gasteiger partial charge in [-0.05, 0) is 66.7 Å². The zero-order valence-electron chi connectivity index (χ0n) is 15.0. The molecule has 0 fully saturated rings. The van der Waals surface area contributed by atoms with Gasteiger partial charge in [-0.1, -0.05) is 23.7 Å². The third-order valence-corrected chi connectivity index (χ3v) is 5.58. The molecule has 146 valence electrons. The van der Waals surface area contributed by atoms with Crippen LogP contribution in [0.4, 0.5) is 4.39 Å². The van der Waals surface area contributed by atoms with Gasteiger partial charge in [0.15, 0.2) is 0 Å². The molecule has 0 aliphatic carbocycles. The third kappa shape index (κ3) is 4.07. The van der Waals surface area contributed by atoms with Gasteiger partial charge < -0.3 is 0 Å². The van der Waals surface area contributed by atoms with Gasteiger partial charge in [0.1, 0.15) is 5.82 Å². The van der Waals surface area contributed by atoms with Crippen molar-refractivity contribution in [2.24, 2.45) is 5.14 Å². The number of benzene rings is 3. The van der Waals surface area contributed by atoms with Gasteiger partial charge in [0.05, 0.1) is 22.0 Å². The van der Waals surface area contributed by atoms with Crippen LogP contribution < -0.4 is 5.14 Å². The summed E-state index contributed by atoms with van der Waals surface area (Å²) in [7, 11) is -3.79. The molecule has 0 radical (unpaired) electrons. The van der Waals surface area contributed by atoms with Gasteiger partial charge in [-0.2, -0.15) is 5.10 Å². The van der Waals surface area contributed by atoms with E-state index in [0.717, 1.165) is 16.8 Å². The normalized spacial score (nSPS) is 11.6. The highest BCUT2D eigenvalue weighted by molar-refractivity contribution is 7.89. The van der Waals surface area contributed by atoms with Crippen molar-refractivity contribution in [2.75, 3.05) is 0 Å². The van der Waals surface area contributed by atoms with E-state index in [0.29, 0.717) is 16.4 Å². The number of sulfonamides is 1. The summed E-state index contributed by atoms with van der Waals surface area (Å²) in [6, 6.07) is 21.3. The maximum atomic E-state index is 13.4. The summed E-state index contributed by atoms with van der Waals surface area (Å²) >= 11 is 5.97. The number of aromatic nitrogens is 2. The van der Waals surface area contributed by atoms with Crippen molar-refractivity contribution >= 4 is 21.6 Å². The van der Waals surface area contributed by atoms with E-state index in [1.807, 2.05) is 18.2 Å². The minimum Gasteiger partial charge on any atom is -0.232 e. The van der Waals surface area contributed by atoms with Crippen LogP contribution in [-0.4, -0.2) is 18.2 Å². The van der Waals surface area contributed by atoms with E-state index in [4.69, 9.17) is 16.7 Å². The molecule has 5 nitrogen and oxygen atoms in total. The molecule has 0 aliphatic rings. The molecule has 0 aliphatic heterocycles. The minimum absolute atomic E-state index is 0.00895. The quantitative estimate of drug-likeness (QED) is 0.515. The Bertz CT molecular complexity index is 1270. The predicted molar refractivity (Wildman–Crippen MR) is 111 cm³/mol. The average molecular weight is 428 g/mol. The number of halogens is 2. The zero-order valence-corrected chi connectivity index (χ0v) is 16.5. The Kier molecular flexibility index (Phi) is 4.96. The first kappa shape index (κ1) is 19.3. The highest BCUT2D eigenvalue weighted by Crippen LogP contribution is 2.30. The third-order valence-electron chi connectivity index (χ3n) is 4.40. The fourth-order valence-corrected chi connectivity index (χ4v) is 3.58. The van der Waals surface area contributed by atoms with E-state index >= 15 is 0 Å². The van der Waals surface area contributed by atoms with Crippen LogP contribution in [0.2, 0.25) is 5.02 Å². The summed E-state index contributed by atoms with van der Waals surface area (Å²) in [5.74, 6) is -0.338. The van der Waals surface area contributed by atoms with Crippen molar-refractivity contribution in [2.45, 2.75) is 4.90 Å². The lowest BCUT2D eigenvalue weighted by atomic mass is 10.1. The largest absolute Gasteiger partial charge is 0.238 e. The van der Waals surface area contributed by atoms with E-state index in [-0.39, 0.29) is 10.7 Å². The van der Waals surface area contributed by atoms with Gasteiger partial charge in [0.2, 0.25) is 10.0 Å². The van der Waals surface area contributed by atoms with Crippen LogP contribution in [0.3, 0.4) is 0 Å². The maximum Gasteiger partial charge on any atom is 0.238 e. The average Bonchev–Trinajstić information content (AvgIpc) is 3.14. The molecule has 4 aromatic rings. The predicted octanol–water partition coefficient (Wildman–Crippen LogP) is 4.65. The molecule has 1 heterocycles. The first-order valence-corrected chi connectivity index (χ1v) is 10.5. The smallest absolute Gasteiger partial charge is 0.232 e. The second kappa shape index (κ2) is 7.44. The topological polar surface area (TPSA) is 78.0 Å². The zero-order chi connectivity index (χ0) is 20.6. The van der Waals surface area contributed by atoms with E-state index in [9.17, 15) is 12.8 Å². The fourth-order valence-electron chi connectivity index (χ4n) is 2.94. The molecule has 4 rings (SSSR count). The molecule has 3 aromatic carbocycles. The van der Waals surface area contributed by atoms with Gasteiger partial charge in [-0.3, -0.25) is 0 Å². The Morgan fingerprint density at radius 1 is 0.862 bits per heavy atom. The molecular weight excluding hydrogens is 413 g/mol. The first-order chi connectivity index (χ1) is 13.8. The Morgan fingerprint density at radius 2 is 1.45 bits per heavy atom. The van der Waals surface area contributed by atoms with Crippen LogP contribution in [0, 0.1) is 5.82 Å². The number of hydrogen-bond donors (Lipinski definition) is 1. The van der Waals surface area contributed by atoms with Crippen molar-refractivity contribution in [3.63, 3.8) is 0 Å². The SMILES string of the molecule is NS(=O)(=O)c1ccc(-n2nc(-c3ccc(Cl)cc3)cc2-c2ccc(F)cc2)cc1. The maximum absolute atomic E-state index is 13.4. The van der Waals surface area contributed by atoms with Crippen LogP contribution in [0.1, 0.15) is 0 Å². The van der Waals surface area contributed by atoms with Crippen molar-refractivity contribution < 1.29 is 12.8 Å². The second-order valence-corrected chi connectivity index (χ2v) is 8.38. The highest BCUT2D eigenvalue weighted by atomic mass is 35.5. The molecule has 0 bridgehead atoms. The Balaban J connectivity index is 1.86. The van der Waals surface area contributed by atoms with Gasteiger partial charge >= 0.3 is 0 Å². The van der Waals surface area contributed by atoms with Crippen LogP contribution in [0.5, 0.6) is 0 Å². The molecule has 1 aromatic heterocycles. The molecule has 0 amide bonds. The number of primary sulfonamides is 1. The van der Waals surface area contributed by atoms with Gasteiger partial charge in [-0.25, -0.2) is 22.6 Å². The monoisotopic (exact) mass is 427 g/mol. The summed E-state index contributed by atoms with van der Waals surface area (Å²) in [5.41, 5.74) is 3.67. The van der Waals surface area contributed by atoms with Crippen molar-refractivity contribution in [3.8, 4) is 28.2 Å². The summed E-state index contributed by atoms with van der Waals surface area (Å²) in [5, 5.41) is 10.5. The molecule has 0 atom stereocenters. The summed E-state index contributed by atoms with van der Waals surface area (Å²) < 4.78 is 38.1. The van der Waals surface area contributed by atoms with Crippen LogP contribution >= 0.6 is 11.6 Å². The number of hydrogen-bond acceptors (Lipinski definition) is 3. The second-order valence-electron chi connectivity index (χ2n) is 6.38. The fraction of sp³-hybridized carbons (Fsp3) is 0. The number of nitrogens with zero attached hydrogens (tertiary/aromatic N) is 2. The van der Waals surface area contributed by atoms with Crippen LogP contribution in [0.15, 0.2) is 83.8 Å². The number of rotatable bonds is 4. The Morgan fingerprint density at radius 3 is 2.03 bits per heavy atom. The summed E-state index contributed by atoms with van der Waals surface area (Å²) in [6.45, 7) is 0. The van der Waals surface area contributed by atoms with Crippen molar-refractivity contribution in [1.29, 1.82) is 0 Å². The molecule has 2 N–H and O–H groups in total. The standard InChI is InChI=1S/C21H15ClFN3O2S/c22-16-5-1-14(2-6-16)20-13-21(15-3-7-17(23)8-4-15)26(25-20)18-9-11-19(12-10-18)29(24,27)28/h1-13H,(H2,24,27,28). The van der Waals surface area contributed by atoms with Crippen LogP contribution in [0.25, 0.3) is 28.2 Å². The Hall–Kier alpha value is -3.00. The van der Waals surface area contributed by atoms with Gasteiger partial charge in [0.25, 0.3) is 0 Å². The molecule has 0 spiro atoms. The summed E-state index contributed by atoms with van der Waals surface area (Å²) in [6.07, 6.45) is 0. The number of nitrogens with two attached hydrogens (primary N) is 1. The molecule has 29 heavy (non-hydrogen) atoms. The van der Waals surface area contributed by atoms with Gasteiger partial charge in [-0.15, -0.1) is 0 Å². The lowest BCUT2D eigenvalue weighted by molar-refractivity contribution is 0.597. The van der Waals surface area contributed by atoms with E-state index < -0.39 is 10.0 Å². The lowest BCUT2D eigenvalue weighted by Gasteiger charge is -2.08. The molecule has 8 heteroatoms. The Labute approximate surface area is 172 Å². The summed E-state index contributed by atoms with van der Waals surface area (Å²) in [4.78, 5) is 0.00895. The van der Waals surface area contributed by atoms with Crippen LogP contribution in [-0.2, 0) is 10.0 Å². The highest BCUT2D eigenvalue weighted by Gasteiger charge is 2.15.